The van der Waals surface area contributed by atoms with Gasteiger partial charge in [-0.2, -0.15) is 0 Å². The van der Waals surface area contributed by atoms with Gasteiger partial charge in [0.2, 0.25) is 0 Å². The van der Waals surface area contributed by atoms with Crippen molar-refractivity contribution in [2.45, 2.75) is 0 Å². The Kier molecular flexibility index (Phi) is 2.54. The van der Waals surface area contributed by atoms with E-state index in [1.165, 1.54) is 0 Å². The highest BCUT2D eigenvalue weighted by molar-refractivity contribution is 9.10. The molecule has 0 aliphatic heterocycles. The highest BCUT2D eigenvalue weighted by atomic mass is 79.9. The highest BCUT2D eigenvalue weighted by Crippen LogP contribution is 2.32. The van der Waals surface area contributed by atoms with E-state index in [-0.39, 0.29) is 0 Å². The molecule has 0 aliphatic rings. The molecule has 0 fully saturated rings. The van der Waals surface area contributed by atoms with Crippen LogP contribution in [0.4, 0.5) is 0 Å². The van der Waals surface area contributed by atoms with Crippen molar-refractivity contribution in [1.29, 1.82) is 0 Å². The zero-order valence-electron chi connectivity index (χ0n) is 7.53. The van der Waals surface area contributed by atoms with Crippen molar-refractivity contribution in [2.75, 3.05) is 7.11 Å². The Bertz CT molecular complexity index is 426. The van der Waals surface area contributed by atoms with Crippen LogP contribution in [-0.2, 0) is 0 Å². The summed E-state index contributed by atoms with van der Waals surface area (Å²) < 4.78 is 11.3. The SMILES string of the molecule is COc1ccc(Br)cc1-c1ccno1. The van der Waals surface area contributed by atoms with Gasteiger partial charge in [0.15, 0.2) is 5.76 Å². The quantitative estimate of drug-likeness (QED) is 0.825. The van der Waals surface area contributed by atoms with Crippen molar-refractivity contribution < 1.29 is 9.26 Å². The van der Waals surface area contributed by atoms with Gasteiger partial charge in [0.05, 0.1) is 18.9 Å². The molecule has 0 saturated carbocycles. The Morgan fingerprint density at radius 1 is 1.36 bits per heavy atom. The van der Waals surface area contributed by atoms with E-state index in [0.717, 1.165) is 15.8 Å². The number of nitrogens with zero attached hydrogens (tertiary/aromatic N) is 1. The Morgan fingerprint density at radius 3 is 2.86 bits per heavy atom. The standard InChI is InChI=1S/C10H8BrNO2/c1-13-9-3-2-7(11)6-8(9)10-4-5-12-14-10/h2-6H,1H3. The Balaban J connectivity index is 2.55. The summed E-state index contributed by atoms with van der Waals surface area (Å²) in [4.78, 5) is 0. The van der Waals surface area contributed by atoms with Crippen molar-refractivity contribution in [2.24, 2.45) is 0 Å². The van der Waals surface area contributed by atoms with Gasteiger partial charge in [0.1, 0.15) is 5.75 Å². The average Bonchev–Trinajstić information content (AvgIpc) is 2.70. The molecule has 0 amide bonds. The summed E-state index contributed by atoms with van der Waals surface area (Å²) in [6.45, 7) is 0. The number of methoxy groups -OCH3 is 1. The molecule has 14 heavy (non-hydrogen) atoms. The lowest BCUT2D eigenvalue weighted by atomic mass is 10.1. The molecule has 0 radical (unpaired) electrons. The number of rotatable bonds is 2. The summed E-state index contributed by atoms with van der Waals surface area (Å²) in [5.74, 6) is 1.47. The molecular formula is C10H8BrNO2. The van der Waals surface area contributed by atoms with Gasteiger partial charge in [0, 0.05) is 10.5 Å². The van der Waals surface area contributed by atoms with Crippen molar-refractivity contribution in [1.82, 2.24) is 5.16 Å². The van der Waals surface area contributed by atoms with Gasteiger partial charge >= 0.3 is 0 Å². The van der Waals surface area contributed by atoms with Gasteiger partial charge in [-0.25, -0.2) is 0 Å². The maximum Gasteiger partial charge on any atom is 0.170 e. The van der Waals surface area contributed by atoms with Crippen molar-refractivity contribution in [3.63, 3.8) is 0 Å². The number of aromatic nitrogens is 1. The maximum absolute atomic E-state index is 5.22. The van der Waals surface area contributed by atoms with Crippen LogP contribution < -0.4 is 4.74 Å². The first kappa shape index (κ1) is 9.27. The van der Waals surface area contributed by atoms with E-state index in [0.29, 0.717) is 5.76 Å². The predicted molar refractivity (Wildman–Crippen MR) is 56.2 cm³/mol. The third kappa shape index (κ3) is 1.65. The minimum absolute atomic E-state index is 0.697. The smallest absolute Gasteiger partial charge is 0.170 e. The van der Waals surface area contributed by atoms with Gasteiger partial charge in [-0.05, 0) is 18.2 Å². The first-order valence-electron chi connectivity index (χ1n) is 4.06. The van der Waals surface area contributed by atoms with Crippen LogP contribution in [0.1, 0.15) is 0 Å². The molecule has 1 aromatic carbocycles. The van der Waals surface area contributed by atoms with E-state index in [2.05, 4.69) is 21.1 Å². The molecule has 72 valence electrons. The molecule has 0 aliphatic carbocycles. The number of hydrogen-bond donors (Lipinski definition) is 0. The fourth-order valence-electron chi connectivity index (χ4n) is 1.23. The molecule has 0 unspecified atom stereocenters. The molecule has 3 nitrogen and oxygen atoms in total. The van der Waals surface area contributed by atoms with Crippen molar-refractivity contribution in [3.05, 3.63) is 34.9 Å². The van der Waals surface area contributed by atoms with E-state index in [1.807, 2.05) is 18.2 Å². The second-order valence-corrected chi connectivity index (χ2v) is 3.64. The van der Waals surface area contributed by atoms with E-state index >= 15 is 0 Å². The first-order chi connectivity index (χ1) is 6.81. The van der Waals surface area contributed by atoms with E-state index in [4.69, 9.17) is 9.26 Å². The second kappa shape index (κ2) is 3.84. The van der Waals surface area contributed by atoms with Crippen molar-refractivity contribution in [3.8, 4) is 17.1 Å². The van der Waals surface area contributed by atoms with Crippen LogP contribution in [0.2, 0.25) is 0 Å². The van der Waals surface area contributed by atoms with Gasteiger partial charge in [-0.3, -0.25) is 0 Å². The fraction of sp³-hybridized carbons (Fsp3) is 0.100. The molecule has 2 aromatic rings. The van der Waals surface area contributed by atoms with Crippen LogP contribution in [0, 0.1) is 0 Å². The van der Waals surface area contributed by atoms with Crippen molar-refractivity contribution >= 4 is 15.9 Å². The summed E-state index contributed by atoms with van der Waals surface area (Å²) in [6, 6.07) is 7.52. The fourth-order valence-corrected chi connectivity index (χ4v) is 1.59. The average molecular weight is 254 g/mol. The lowest BCUT2D eigenvalue weighted by Gasteiger charge is -2.05. The molecule has 1 heterocycles. The van der Waals surface area contributed by atoms with Crippen LogP contribution in [0.15, 0.2) is 39.5 Å². The molecule has 2 rings (SSSR count). The summed E-state index contributed by atoms with van der Waals surface area (Å²) in [6.07, 6.45) is 1.61. The third-order valence-electron chi connectivity index (χ3n) is 1.86. The molecule has 1 aromatic heterocycles. The molecule has 0 N–H and O–H groups in total. The predicted octanol–water partition coefficient (Wildman–Crippen LogP) is 3.11. The number of halogens is 1. The Hall–Kier alpha value is -1.29. The van der Waals surface area contributed by atoms with Crippen LogP contribution in [0.25, 0.3) is 11.3 Å². The third-order valence-corrected chi connectivity index (χ3v) is 2.36. The number of benzene rings is 1. The van der Waals surface area contributed by atoms with E-state index in [9.17, 15) is 0 Å². The maximum atomic E-state index is 5.22. The Labute approximate surface area is 89.8 Å². The van der Waals surface area contributed by atoms with Crippen LogP contribution >= 0.6 is 15.9 Å². The normalized spacial score (nSPS) is 10.1. The second-order valence-electron chi connectivity index (χ2n) is 2.72. The van der Waals surface area contributed by atoms with Crippen LogP contribution in [-0.4, -0.2) is 12.3 Å². The van der Waals surface area contributed by atoms with Gasteiger partial charge < -0.3 is 9.26 Å². The first-order valence-corrected chi connectivity index (χ1v) is 4.85. The Morgan fingerprint density at radius 2 is 2.21 bits per heavy atom. The zero-order chi connectivity index (χ0) is 9.97. The molecular weight excluding hydrogens is 246 g/mol. The topological polar surface area (TPSA) is 35.3 Å². The van der Waals surface area contributed by atoms with E-state index < -0.39 is 0 Å². The van der Waals surface area contributed by atoms with Crippen LogP contribution in [0.3, 0.4) is 0 Å². The summed E-state index contributed by atoms with van der Waals surface area (Å²) in [7, 11) is 1.63. The number of ether oxygens (including phenoxy) is 1. The molecule has 0 spiro atoms. The largest absolute Gasteiger partial charge is 0.496 e. The summed E-state index contributed by atoms with van der Waals surface area (Å²) in [5.41, 5.74) is 0.888. The minimum atomic E-state index is 0.697. The lowest BCUT2D eigenvalue weighted by Crippen LogP contribution is -1.86. The monoisotopic (exact) mass is 253 g/mol. The summed E-state index contributed by atoms with van der Waals surface area (Å²) >= 11 is 3.39. The number of hydrogen-bond acceptors (Lipinski definition) is 3. The van der Waals surface area contributed by atoms with Crippen LogP contribution in [0.5, 0.6) is 5.75 Å². The minimum Gasteiger partial charge on any atom is -0.496 e. The van der Waals surface area contributed by atoms with E-state index in [1.54, 1.807) is 19.4 Å². The lowest BCUT2D eigenvalue weighted by molar-refractivity contribution is 0.406. The molecule has 0 atom stereocenters. The van der Waals surface area contributed by atoms with Gasteiger partial charge in [-0.1, -0.05) is 21.1 Å². The molecule has 0 bridgehead atoms. The molecule has 4 heteroatoms. The van der Waals surface area contributed by atoms with Gasteiger partial charge in [0.25, 0.3) is 0 Å². The highest BCUT2D eigenvalue weighted by Gasteiger charge is 2.09. The van der Waals surface area contributed by atoms with Gasteiger partial charge in [-0.15, -0.1) is 0 Å². The summed E-state index contributed by atoms with van der Waals surface area (Å²) in [5, 5.41) is 3.66. The molecule has 0 saturated heterocycles. The zero-order valence-corrected chi connectivity index (χ0v) is 9.11.